The van der Waals surface area contributed by atoms with E-state index in [2.05, 4.69) is 0 Å². The van der Waals surface area contributed by atoms with E-state index in [-0.39, 0.29) is 12.3 Å². The van der Waals surface area contributed by atoms with Crippen molar-refractivity contribution in [3.63, 3.8) is 0 Å². The molecule has 0 saturated carbocycles. The molecule has 0 unspecified atom stereocenters. The average molecular weight is 295 g/mol. The van der Waals surface area contributed by atoms with Crippen LogP contribution in [0.5, 0.6) is 0 Å². The number of hydrogen-bond acceptors (Lipinski definition) is 1. The first-order chi connectivity index (χ1) is 10.2. The van der Waals surface area contributed by atoms with Gasteiger partial charge in [-0.25, -0.2) is 0 Å². The Kier molecular flexibility index (Phi) is 2.67. The van der Waals surface area contributed by atoms with Crippen LogP contribution in [-0.2, 0) is 0 Å². The molecule has 2 aromatic rings. The van der Waals surface area contributed by atoms with Crippen molar-refractivity contribution in [1.29, 1.82) is 0 Å². The minimum Gasteiger partial charge on any atom is -0.324 e. The van der Waals surface area contributed by atoms with Crippen molar-refractivity contribution >= 4 is 23.2 Å². The zero-order valence-corrected chi connectivity index (χ0v) is 11.7. The second-order valence-electron chi connectivity index (χ2n) is 4.61. The Morgan fingerprint density at radius 1 is 1.11 bits per heavy atom. The molecule has 2 atom stereocenters. The first-order valence-electron chi connectivity index (χ1n) is 7.57. The third-order valence-electron chi connectivity index (χ3n) is 3.47. The Morgan fingerprint density at radius 2 is 1.84 bits per heavy atom. The van der Waals surface area contributed by atoms with Gasteiger partial charge < -0.3 is 5.73 Å². The van der Waals surface area contributed by atoms with E-state index >= 15 is 0 Å². The van der Waals surface area contributed by atoms with E-state index in [1.165, 1.54) is 0 Å². The molecule has 0 amide bonds. The molecule has 2 N–H and O–H groups in total. The SMILES string of the molecule is [2H]C1([2H])C[C@H](c2ccc(Cl)c(Cl)c2)c2ccccc2[C@@]1([2H])N. The standard InChI is InChI=1S/C16H15Cl2N/c17-14-7-5-10(9-15(14)18)11-6-8-16(19)13-4-2-1-3-12(11)13/h1-5,7,9,11,16H,6,8,19H2/t11-,16+/m1/s1/i8D2,16D. The van der Waals surface area contributed by atoms with Gasteiger partial charge >= 0.3 is 0 Å². The number of hydrogen-bond donors (Lipinski definition) is 1. The zero-order chi connectivity index (χ0) is 16.1. The summed E-state index contributed by atoms with van der Waals surface area (Å²) in [5, 5.41) is 0.902. The molecule has 1 nitrogen and oxygen atoms in total. The number of fused-ring (bicyclic) bond motifs is 1. The second kappa shape index (κ2) is 5.16. The molecular formula is C16H15Cl2N. The summed E-state index contributed by atoms with van der Waals surface area (Å²) in [4.78, 5) is 0. The van der Waals surface area contributed by atoms with Gasteiger partial charge in [0.15, 0.2) is 0 Å². The lowest BCUT2D eigenvalue weighted by molar-refractivity contribution is 0.530. The van der Waals surface area contributed by atoms with Crippen LogP contribution < -0.4 is 5.73 Å². The van der Waals surface area contributed by atoms with Crippen LogP contribution >= 0.6 is 23.2 Å². The molecule has 0 aliphatic heterocycles. The van der Waals surface area contributed by atoms with Gasteiger partial charge in [-0.1, -0.05) is 53.5 Å². The van der Waals surface area contributed by atoms with E-state index in [1.807, 2.05) is 18.2 Å². The highest BCUT2D eigenvalue weighted by Crippen LogP contribution is 2.41. The Balaban J connectivity index is 2.19. The molecule has 0 spiro atoms. The average Bonchev–Trinajstić information content (AvgIpc) is 2.46. The molecule has 0 fully saturated rings. The summed E-state index contributed by atoms with van der Waals surface area (Å²) < 4.78 is 24.8. The van der Waals surface area contributed by atoms with Gasteiger partial charge in [-0.05, 0) is 41.6 Å². The van der Waals surface area contributed by atoms with Crippen molar-refractivity contribution in [3.8, 4) is 0 Å². The Morgan fingerprint density at radius 3 is 2.58 bits per heavy atom. The minimum absolute atomic E-state index is 0.127. The predicted octanol–water partition coefficient (Wildman–Crippen LogP) is 4.92. The molecule has 2 aromatic carbocycles. The lowest BCUT2D eigenvalue weighted by atomic mass is 9.77. The molecule has 0 radical (unpaired) electrons. The van der Waals surface area contributed by atoms with Gasteiger partial charge in [-0.15, -0.1) is 0 Å². The van der Waals surface area contributed by atoms with Gasteiger partial charge in [0.2, 0.25) is 0 Å². The maximum atomic E-state index is 8.30. The quantitative estimate of drug-likeness (QED) is 0.794. The van der Waals surface area contributed by atoms with E-state index < -0.39 is 12.4 Å². The van der Waals surface area contributed by atoms with Crippen molar-refractivity contribution in [2.75, 3.05) is 0 Å². The van der Waals surface area contributed by atoms with Crippen LogP contribution in [0.1, 0.15) is 45.5 Å². The first kappa shape index (κ1) is 9.82. The van der Waals surface area contributed by atoms with Gasteiger partial charge in [-0.3, -0.25) is 0 Å². The van der Waals surface area contributed by atoms with Crippen LogP contribution in [0.3, 0.4) is 0 Å². The predicted molar refractivity (Wildman–Crippen MR) is 80.9 cm³/mol. The molecule has 0 heterocycles. The summed E-state index contributed by atoms with van der Waals surface area (Å²) in [5.41, 5.74) is 8.27. The maximum Gasteiger partial charge on any atom is 0.0595 e. The van der Waals surface area contributed by atoms with Gasteiger partial charge in [0.1, 0.15) is 0 Å². The highest BCUT2D eigenvalue weighted by Gasteiger charge is 2.26. The molecule has 0 bridgehead atoms. The first-order valence-corrected chi connectivity index (χ1v) is 6.83. The van der Waals surface area contributed by atoms with Crippen LogP contribution in [0, 0.1) is 0 Å². The summed E-state index contributed by atoms with van der Waals surface area (Å²) in [6.45, 7) is 0. The normalized spacial score (nSPS) is 30.9. The third kappa shape index (κ3) is 2.38. The van der Waals surface area contributed by atoms with E-state index in [0.717, 1.165) is 11.1 Å². The molecule has 19 heavy (non-hydrogen) atoms. The monoisotopic (exact) mass is 294 g/mol. The summed E-state index contributed by atoms with van der Waals surface area (Å²) in [6.07, 6.45) is -1.72. The Bertz CT molecular complexity index is 731. The molecule has 0 saturated heterocycles. The molecule has 3 rings (SSSR count). The topological polar surface area (TPSA) is 26.0 Å². The van der Waals surface area contributed by atoms with E-state index in [1.54, 1.807) is 24.3 Å². The number of nitrogens with two attached hydrogens (primary N) is 1. The van der Waals surface area contributed by atoms with Crippen molar-refractivity contribution in [2.24, 2.45) is 5.73 Å². The number of benzene rings is 2. The molecule has 98 valence electrons. The summed E-state index contributed by atoms with van der Waals surface area (Å²) in [5.74, 6) is -0.206. The van der Waals surface area contributed by atoms with Gasteiger partial charge in [0.05, 0.1) is 11.4 Å². The highest BCUT2D eigenvalue weighted by atomic mass is 35.5. The second-order valence-corrected chi connectivity index (χ2v) is 5.42. The van der Waals surface area contributed by atoms with Crippen molar-refractivity contribution < 1.29 is 4.11 Å². The van der Waals surface area contributed by atoms with Crippen LogP contribution in [0.4, 0.5) is 0 Å². The molecular weight excluding hydrogens is 277 g/mol. The van der Waals surface area contributed by atoms with Crippen LogP contribution in [0.25, 0.3) is 0 Å². The lowest BCUT2D eigenvalue weighted by Gasteiger charge is -2.30. The fourth-order valence-electron chi connectivity index (χ4n) is 2.49. The van der Waals surface area contributed by atoms with Crippen molar-refractivity contribution in [1.82, 2.24) is 0 Å². The molecule has 1 aliphatic carbocycles. The van der Waals surface area contributed by atoms with Gasteiger partial charge in [0, 0.05) is 14.7 Å². The lowest BCUT2D eigenvalue weighted by Crippen LogP contribution is -2.20. The molecule has 1 aliphatic rings. The number of rotatable bonds is 1. The fraction of sp³-hybridized carbons (Fsp3) is 0.250. The fourth-order valence-corrected chi connectivity index (χ4v) is 2.80. The Hall–Kier alpha value is -1.02. The van der Waals surface area contributed by atoms with Crippen LogP contribution in [0.2, 0.25) is 10.0 Å². The van der Waals surface area contributed by atoms with Crippen molar-refractivity contribution in [2.45, 2.75) is 24.7 Å². The van der Waals surface area contributed by atoms with Gasteiger partial charge in [-0.2, -0.15) is 0 Å². The van der Waals surface area contributed by atoms with Crippen LogP contribution in [0.15, 0.2) is 42.5 Å². The van der Waals surface area contributed by atoms with E-state index in [4.69, 9.17) is 33.0 Å². The van der Waals surface area contributed by atoms with E-state index in [0.29, 0.717) is 15.6 Å². The Labute approximate surface area is 127 Å². The summed E-state index contributed by atoms with van der Waals surface area (Å²) in [7, 11) is 0. The maximum absolute atomic E-state index is 8.30. The van der Waals surface area contributed by atoms with Crippen molar-refractivity contribution in [3.05, 3.63) is 69.2 Å². The summed E-state index contributed by atoms with van der Waals surface area (Å²) >= 11 is 12.1. The summed E-state index contributed by atoms with van der Waals surface area (Å²) in [6, 6.07) is 10.8. The van der Waals surface area contributed by atoms with Crippen LogP contribution in [-0.4, -0.2) is 0 Å². The third-order valence-corrected chi connectivity index (χ3v) is 4.21. The zero-order valence-electron chi connectivity index (χ0n) is 13.2. The highest BCUT2D eigenvalue weighted by molar-refractivity contribution is 6.42. The largest absolute Gasteiger partial charge is 0.324 e. The molecule has 0 aromatic heterocycles. The molecule has 3 heteroatoms. The van der Waals surface area contributed by atoms with Gasteiger partial charge in [0.25, 0.3) is 0 Å². The number of halogens is 2. The minimum atomic E-state index is -1.85. The van der Waals surface area contributed by atoms with E-state index in [9.17, 15) is 0 Å². The smallest absolute Gasteiger partial charge is 0.0595 e.